The molecule has 1 aliphatic rings. The quantitative estimate of drug-likeness (QED) is 0.492. The summed E-state index contributed by atoms with van der Waals surface area (Å²) in [6.07, 6.45) is -1.15. The number of aromatic nitrogens is 7. The molecule has 0 aliphatic heterocycles. The minimum atomic E-state index is -4.55. The second-order valence-corrected chi connectivity index (χ2v) is 7.53. The molecule has 8 nitrogen and oxygen atoms in total. The van der Waals surface area contributed by atoms with Gasteiger partial charge in [0.25, 0.3) is 5.89 Å². The molecule has 0 saturated heterocycles. The maximum atomic E-state index is 13.5. The molecule has 1 saturated carbocycles. The van der Waals surface area contributed by atoms with E-state index in [1.807, 2.05) is 24.6 Å². The fourth-order valence-corrected chi connectivity index (χ4v) is 3.49. The predicted octanol–water partition coefficient (Wildman–Crippen LogP) is 3.73. The van der Waals surface area contributed by atoms with E-state index in [4.69, 9.17) is 4.42 Å². The highest BCUT2D eigenvalue weighted by Gasteiger charge is 2.37. The zero-order valence-electron chi connectivity index (χ0n) is 16.3. The van der Waals surface area contributed by atoms with Crippen molar-refractivity contribution in [1.29, 1.82) is 0 Å². The molecule has 4 heterocycles. The minimum Gasteiger partial charge on any atom is -0.420 e. The second-order valence-electron chi connectivity index (χ2n) is 7.53. The van der Waals surface area contributed by atoms with E-state index >= 15 is 0 Å². The Balaban J connectivity index is 1.48. The number of rotatable bonds is 5. The summed E-state index contributed by atoms with van der Waals surface area (Å²) in [5.41, 5.74) is 1.86. The molecule has 5 rings (SSSR count). The van der Waals surface area contributed by atoms with Gasteiger partial charge >= 0.3 is 6.18 Å². The summed E-state index contributed by atoms with van der Waals surface area (Å²) in [5, 5.41) is 16.3. The lowest BCUT2D eigenvalue weighted by Gasteiger charge is -2.10. The van der Waals surface area contributed by atoms with Crippen molar-refractivity contribution in [3.63, 3.8) is 0 Å². The summed E-state index contributed by atoms with van der Waals surface area (Å²) >= 11 is 0. The first kappa shape index (κ1) is 18.8. The summed E-state index contributed by atoms with van der Waals surface area (Å²) in [7, 11) is 0. The fourth-order valence-electron chi connectivity index (χ4n) is 3.49. The molecule has 0 unspecified atom stereocenters. The number of nitrogens with zero attached hydrogens (tertiary/aromatic N) is 7. The minimum absolute atomic E-state index is 0.0536. The highest BCUT2D eigenvalue weighted by molar-refractivity contribution is 5.71. The predicted molar refractivity (Wildman–Crippen MR) is 98.7 cm³/mol. The summed E-state index contributed by atoms with van der Waals surface area (Å²) in [5.74, 6) is 0.520. The average Bonchev–Trinajstić information content (AvgIpc) is 3.13. The molecule has 1 aliphatic carbocycles. The van der Waals surface area contributed by atoms with Gasteiger partial charge in [0.15, 0.2) is 5.65 Å². The zero-order valence-corrected chi connectivity index (χ0v) is 16.3. The smallest absolute Gasteiger partial charge is 0.420 e. The van der Waals surface area contributed by atoms with E-state index in [1.165, 1.54) is 6.20 Å². The van der Waals surface area contributed by atoms with Gasteiger partial charge in [-0.3, -0.25) is 4.68 Å². The van der Waals surface area contributed by atoms with Gasteiger partial charge in [-0.1, -0.05) is 0 Å². The lowest BCUT2D eigenvalue weighted by molar-refractivity contribution is -0.142. The number of alkyl halides is 3. The molecule has 1 fully saturated rings. The second kappa shape index (κ2) is 6.64. The third-order valence-electron chi connectivity index (χ3n) is 5.12. The molecule has 0 N–H and O–H groups in total. The number of fused-ring (bicyclic) bond motifs is 1. The number of hydrogen-bond donors (Lipinski definition) is 0. The SMILES string of the molecule is Cc1cc(C)n(CCc2nnc(-c3cnn4c(C(F)(F)F)cc(C5CC5)nc34)o2)n1. The van der Waals surface area contributed by atoms with Gasteiger partial charge in [0.1, 0.15) is 11.3 Å². The Morgan fingerprint density at radius 2 is 1.97 bits per heavy atom. The molecule has 0 radical (unpaired) electrons. The van der Waals surface area contributed by atoms with Crippen LogP contribution in [0.25, 0.3) is 17.1 Å². The fraction of sp³-hybridized carbons (Fsp3) is 0.421. The largest absolute Gasteiger partial charge is 0.433 e. The lowest BCUT2D eigenvalue weighted by Crippen LogP contribution is -2.14. The van der Waals surface area contributed by atoms with Crippen molar-refractivity contribution in [2.24, 2.45) is 0 Å². The molecule has 0 spiro atoms. The van der Waals surface area contributed by atoms with Crippen LogP contribution in [0.4, 0.5) is 13.2 Å². The van der Waals surface area contributed by atoms with Crippen molar-refractivity contribution in [2.75, 3.05) is 0 Å². The Bertz CT molecular complexity index is 1230. The van der Waals surface area contributed by atoms with Crippen LogP contribution in [0.15, 0.2) is 22.7 Å². The molecule has 156 valence electrons. The van der Waals surface area contributed by atoms with Crippen molar-refractivity contribution in [3.8, 4) is 11.5 Å². The molecule has 0 bridgehead atoms. The third-order valence-corrected chi connectivity index (χ3v) is 5.12. The highest BCUT2D eigenvalue weighted by Crippen LogP contribution is 2.42. The van der Waals surface area contributed by atoms with E-state index in [0.717, 1.165) is 34.8 Å². The first-order valence-corrected chi connectivity index (χ1v) is 9.59. The topological polar surface area (TPSA) is 86.9 Å². The lowest BCUT2D eigenvalue weighted by atomic mass is 10.2. The van der Waals surface area contributed by atoms with Crippen molar-refractivity contribution < 1.29 is 17.6 Å². The normalized spacial score (nSPS) is 14.7. The van der Waals surface area contributed by atoms with Gasteiger partial charge in [-0.05, 0) is 38.8 Å². The third kappa shape index (κ3) is 3.33. The molecule has 30 heavy (non-hydrogen) atoms. The van der Waals surface area contributed by atoms with Crippen LogP contribution in [-0.2, 0) is 19.1 Å². The Hall–Kier alpha value is -3.24. The Kier molecular flexibility index (Phi) is 4.16. The molecule has 0 aromatic carbocycles. The van der Waals surface area contributed by atoms with Crippen LogP contribution in [0, 0.1) is 13.8 Å². The van der Waals surface area contributed by atoms with Crippen LogP contribution in [0.5, 0.6) is 0 Å². The summed E-state index contributed by atoms with van der Waals surface area (Å²) in [4.78, 5) is 4.42. The summed E-state index contributed by atoms with van der Waals surface area (Å²) in [6.45, 7) is 4.43. The van der Waals surface area contributed by atoms with Crippen LogP contribution in [0.2, 0.25) is 0 Å². The first-order valence-electron chi connectivity index (χ1n) is 9.59. The Labute approximate surface area is 168 Å². The molecular formula is C19H18F3N7O. The zero-order chi connectivity index (χ0) is 21.0. The molecule has 4 aromatic rings. The van der Waals surface area contributed by atoms with E-state index < -0.39 is 11.9 Å². The van der Waals surface area contributed by atoms with E-state index in [9.17, 15) is 13.2 Å². The van der Waals surface area contributed by atoms with E-state index in [-0.39, 0.29) is 23.0 Å². The van der Waals surface area contributed by atoms with Gasteiger partial charge in [0, 0.05) is 30.3 Å². The van der Waals surface area contributed by atoms with Crippen LogP contribution in [0.1, 0.15) is 47.4 Å². The summed E-state index contributed by atoms with van der Waals surface area (Å²) < 4.78 is 49.0. The van der Waals surface area contributed by atoms with E-state index in [2.05, 4.69) is 25.4 Å². The van der Waals surface area contributed by atoms with Gasteiger partial charge in [-0.15, -0.1) is 10.2 Å². The maximum absolute atomic E-state index is 13.5. The van der Waals surface area contributed by atoms with E-state index in [1.54, 1.807) is 0 Å². The van der Waals surface area contributed by atoms with Gasteiger partial charge in [-0.25, -0.2) is 9.50 Å². The molecule has 0 atom stereocenters. The highest BCUT2D eigenvalue weighted by atomic mass is 19.4. The number of hydrogen-bond acceptors (Lipinski definition) is 6. The maximum Gasteiger partial charge on any atom is 0.433 e. The van der Waals surface area contributed by atoms with Gasteiger partial charge in [0.05, 0.1) is 11.9 Å². The van der Waals surface area contributed by atoms with Crippen molar-refractivity contribution in [1.82, 2.24) is 34.6 Å². The number of aryl methyl sites for hydroxylation is 4. The summed E-state index contributed by atoms with van der Waals surface area (Å²) in [6, 6.07) is 3.05. The molecule has 4 aromatic heterocycles. The standard InChI is InChI=1S/C19H18F3N7O/c1-10-7-11(2)28(27-10)6-5-16-25-26-18(30-16)13-9-23-29-15(19(20,21)22)8-14(12-3-4-12)24-17(13)29/h7-9,12H,3-6H2,1-2H3. The molecule has 0 amide bonds. The van der Waals surface area contributed by atoms with Gasteiger partial charge in [0.2, 0.25) is 5.89 Å². The Morgan fingerprint density at radius 1 is 1.17 bits per heavy atom. The monoisotopic (exact) mass is 417 g/mol. The van der Waals surface area contributed by atoms with Crippen molar-refractivity contribution in [3.05, 3.63) is 47.0 Å². The molecular weight excluding hydrogens is 399 g/mol. The first-order chi connectivity index (χ1) is 14.3. The average molecular weight is 417 g/mol. The van der Waals surface area contributed by atoms with Crippen molar-refractivity contribution in [2.45, 2.75) is 51.7 Å². The van der Waals surface area contributed by atoms with Crippen LogP contribution in [-0.4, -0.2) is 34.6 Å². The number of halogens is 3. The molecule has 11 heteroatoms. The van der Waals surface area contributed by atoms with Crippen molar-refractivity contribution >= 4 is 5.65 Å². The van der Waals surface area contributed by atoms with Crippen LogP contribution >= 0.6 is 0 Å². The van der Waals surface area contributed by atoms with Crippen LogP contribution < -0.4 is 0 Å². The van der Waals surface area contributed by atoms with E-state index in [0.29, 0.717) is 24.6 Å². The van der Waals surface area contributed by atoms with Crippen LogP contribution in [0.3, 0.4) is 0 Å². The van der Waals surface area contributed by atoms with Gasteiger partial charge in [-0.2, -0.15) is 23.4 Å². The van der Waals surface area contributed by atoms with Gasteiger partial charge < -0.3 is 4.42 Å². The Morgan fingerprint density at radius 3 is 2.63 bits per heavy atom.